The summed E-state index contributed by atoms with van der Waals surface area (Å²) in [6, 6.07) is 12.0. The molecule has 34 heavy (non-hydrogen) atoms. The summed E-state index contributed by atoms with van der Waals surface area (Å²) in [6.45, 7) is 1.99. The third-order valence-corrected chi connectivity index (χ3v) is 7.63. The van der Waals surface area contributed by atoms with Gasteiger partial charge in [-0.15, -0.1) is 0 Å². The summed E-state index contributed by atoms with van der Waals surface area (Å²) < 4.78 is 2.25. The molecule has 1 aliphatic carbocycles. The Morgan fingerprint density at radius 2 is 1.88 bits per heavy atom. The molecule has 1 aliphatic heterocycles. The predicted molar refractivity (Wildman–Crippen MR) is 130 cm³/mol. The molecule has 2 N–H and O–H groups in total. The summed E-state index contributed by atoms with van der Waals surface area (Å²) in [4.78, 5) is 36.0. The number of hydrogen-bond donors (Lipinski definition) is 1. The van der Waals surface area contributed by atoms with Gasteiger partial charge in [-0.1, -0.05) is 23.7 Å². The molecule has 1 fully saturated rings. The highest BCUT2D eigenvalue weighted by Gasteiger charge is 2.31. The monoisotopic (exact) mass is 480 g/mol. The number of fused-ring (bicyclic) bond motifs is 3. The fourth-order valence-electron chi connectivity index (χ4n) is 5.49. The van der Waals surface area contributed by atoms with E-state index in [0.717, 1.165) is 55.6 Å². The molecule has 0 radical (unpaired) electrons. The van der Waals surface area contributed by atoms with E-state index >= 15 is 0 Å². The van der Waals surface area contributed by atoms with Crippen molar-refractivity contribution in [3.8, 4) is 0 Å². The average molecular weight is 481 g/mol. The van der Waals surface area contributed by atoms with Crippen LogP contribution < -0.4 is 5.90 Å². The molecular weight excluding hydrogens is 452 g/mol. The standard InChI is InChI=1S/C26H29ClN4O3/c27-20-9-5-18(6-10-20)15-31-23-16-30(13-11-21(23)22-2-1-12-29-25(22)31)24(32)14-17-3-7-19(8-4-17)26(33)34-28/h1-2,5-6,9-10,12,17,19H,3-4,7-8,11,13-16,28H2/t17-,19-. The number of carbonyl (C=O) groups excluding carboxylic acids is 2. The van der Waals surface area contributed by atoms with Crippen molar-refractivity contribution in [2.45, 2.75) is 51.6 Å². The topological polar surface area (TPSA) is 90.5 Å². The van der Waals surface area contributed by atoms with Crippen molar-refractivity contribution in [3.05, 3.63) is 64.4 Å². The Hall–Kier alpha value is -2.90. The lowest BCUT2D eigenvalue weighted by Crippen LogP contribution is -2.38. The lowest BCUT2D eigenvalue weighted by molar-refractivity contribution is -0.150. The number of pyridine rings is 1. The van der Waals surface area contributed by atoms with Crippen molar-refractivity contribution in [2.75, 3.05) is 6.54 Å². The second-order valence-electron chi connectivity index (χ2n) is 9.44. The Bertz CT molecular complexity index is 1200. The highest BCUT2D eigenvalue weighted by Crippen LogP contribution is 2.34. The van der Waals surface area contributed by atoms with Crippen LogP contribution in [0.3, 0.4) is 0 Å². The van der Waals surface area contributed by atoms with Gasteiger partial charge in [0.25, 0.3) is 0 Å². The highest BCUT2D eigenvalue weighted by molar-refractivity contribution is 6.30. The molecule has 0 atom stereocenters. The van der Waals surface area contributed by atoms with Gasteiger partial charge in [0.2, 0.25) is 5.91 Å². The second-order valence-corrected chi connectivity index (χ2v) is 9.87. The molecule has 2 aromatic heterocycles. The molecule has 1 amide bonds. The number of halogens is 1. The third-order valence-electron chi connectivity index (χ3n) is 7.38. The summed E-state index contributed by atoms with van der Waals surface area (Å²) in [5, 5.41) is 1.88. The van der Waals surface area contributed by atoms with Crippen LogP contribution in [0.5, 0.6) is 0 Å². The first-order valence-electron chi connectivity index (χ1n) is 11.9. The minimum absolute atomic E-state index is 0.134. The summed E-state index contributed by atoms with van der Waals surface area (Å²) in [5.41, 5.74) is 4.56. The Balaban J connectivity index is 1.32. The number of benzene rings is 1. The number of carbonyl (C=O) groups is 2. The third kappa shape index (κ3) is 4.55. The Morgan fingerprint density at radius 3 is 2.62 bits per heavy atom. The van der Waals surface area contributed by atoms with Crippen molar-refractivity contribution in [2.24, 2.45) is 17.7 Å². The van der Waals surface area contributed by atoms with E-state index in [9.17, 15) is 9.59 Å². The van der Waals surface area contributed by atoms with Crippen molar-refractivity contribution in [1.29, 1.82) is 0 Å². The molecule has 1 aromatic carbocycles. The summed E-state index contributed by atoms with van der Waals surface area (Å²) in [7, 11) is 0. The number of nitrogens with two attached hydrogens (primary N) is 1. The normalized spacial score (nSPS) is 20.2. The SMILES string of the molecule is NOC(=O)[C@H]1CC[C@H](CC(=O)N2CCc3c(n(Cc4ccc(Cl)cc4)c4ncccc34)C2)CC1. The average Bonchev–Trinajstić information content (AvgIpc) is 3.18. The van der Waals surface area contributed by atoms with Crippen LogP contribution >= 0.6 is 11.6 Å². The molecule has 0 spiro atoms. The van der Waals surface area contributed by atoms with E-state index in [4.69, 9.17) is 17.5 Å². The Kier molecular flexibility index (Phi) is 6.57. The fourth-order valence-corrected chi connectivity index (χ4v) is 5.62. The zero-order valence-electron chi connectivity index (χ0n) is 19.1. The first kappa shape index (κ1) is 22.9. The quantitative estimate of drug-likeness (QED) is 0.552. The molecule has 178 valence electrons. The van der Waals surface area contributed by atoms with Gasteiger partial charge in [-0.05, 0) is 73.4 Å². The highest BCUT2D eigenvalue weighted by atomic mass is 35.5. The maximum Gasteiger partial charge on any atom is 0.327 e. The molecule has 1 saturated carbocycles. The van der Waals surface area contributed by atoms with Gasteiger partial charge in [-0.2, -0.15) is 5.90 Å². The number of aromatic nitrogens is 2. The molecular formula is C26H29ClN4O3. The molecule has 0 unspecified atom stereocenters. The van der Waals surface area contributed by atoms with Crippen LogP contribution in [-0.4, -0.2) is 32.9 Å². The first-order chi connectivity index (χ1) is 16.5. The van der Waals surface area contributed by atoms with Gasteiger partial charge in [-0.3, -0.25) is 9.59 Å². The van der Waals surface area contributed by atoms with Crippen LogP contribution in [0.15, 0.2) is 42.6 Å². The van der Waals surface area contributed by atoms with E-state index in [2.05, 4.69) is 20.5 Å². The van der Waals surface area contributed by atoms with Crippen molar-refractivity contribution < 1.29 is 14.4 Å². The van der Waals surface area contributed by atoms with Gasteiger partial charge in [0.15, 0.2) is 0 Å². The zero-order valence-corrected chi connectivity index (χ0v) is 19.8. The maximum absolute atomic E-state index is 13.2. The van der Waals surface area contributed by atoms with Crippen LogP contribution in [-0.2, 0) is 33.9 Å². The van der Waals surface area contributed by atoms with E-state index in [1.54, 1.807) is 0 Å². The second kappa shape index (κ2) is 9.76. The summed E-state index contributed by atoms with van der Waals surface area (Å²) in [6.07, 6.45) is 6.35. The van der Waals surface area contributed by atoms with E-state index in [1.807, 2.05) is 41.4 Å². The van der Waals surface area contributed by atoms with Crippen molar-refractivity contribution in [1.82, 2.24) is 14.5 Å². The van der Waals surface area contributed by atoms with Gasteiger partial charge in [-0.25, -0.2) is 4.98 Å². The van der Waals surface area contributed by atoms with Crippen molar-refractivity contribution >= 4 is 34.5 Å². The maximum atomic E-state index is 13.2. The smallest absolute Gasteiger partial charge is 0.327 e. The van der Waals surface area contributed by atoms with E-state index < -0.39 is 0 Å². The molecule has 0 bridgehead atoms. The first-order valence-corrected chi connectivity index (χ1v) is 12.3. The predicted octanol–water partition coefficient (Wildman–Crippen LogP) is 4.24. The molecule has 3 heterocycles. The lowest BCUT2D eigenvalue weighted by atomic mass is 9.80. The Labute approximate surface area is 203 Å². The van der Waals surface area contributed by atoms with E-state index in [1.165, 1.54) is 10.9 Å². The van der Waals surface area contributed by atoms with Crippen LogP contribution in [0.2, 0.25) is 5.02 Å². The van der Waals surface area contributed by atoms with E-state index in [-0.39, 0.29) is 17.8 Å². The number of nitrogens with zero attached hydrogens (tertiary/aromatic N) is 3. The lowest BCUT2D eigenvalue weighted by Gasteiger charge is -2.31. The number of hydrogen-bond acceptors (Lipinski definition) is 5. The molecule has 5 rings (SSSR count). The Morgan fingerprint density at radius 1 is 1.12 bits per heavy atom. The van der Waals surface area contributed by atoms with Crippen LogP contribution in [0, 0.1) is 11.8 Å². The minimum atomic E-state index is -0.338. The summed E-state index contributed by atoms with van der Waals surface area (Å²) in [5.74, 6) is 5.05. The van der Waals surface area contributed by atoms with E-state index in [0.29, 0.717) is 30.5 Å². The molecule has 8 heteroatoms. The molecule has 7 nitrogen and oxygen atoms in total. The van der Waals surface area contributed by atoms with Gasteiger partial charge < -0.3 is 14.3 Å². The molecule has 3 aromatic rings. The number of rotatable bonds is 5. The summed E-state index contributed by atoms with van der Waals surface area (Å²) >= 11 is 6.08. The van der Waals surface area contributed by atoms with Gasteiger partial charge in [0, 0.05) is 41.8 Å². The molecule has 2 aliphatic rings. The van der Waals surface area contributed by atoms with Gasteiger partial charge in [0.05, 0.1) is 12.5 Å². The van der Waals surface area contributed by atoms with Crippen LogP contribution in [0.25, 0.3) is 11.0 Å². The zero-order chi connectivity index (χ0) is 23.7. The number of amides is 1. The van der Waals surface area contributed by atoms with Crippen LogP contribution in [0.4, 0.5) is 0 Å². The molecule has 0 saturated heterocycles. The van der Waals surface area contributed by atoms with Gasteiger partial charge in [0.1, 0.15) is 5.65 Å². The van der Waals surface area contributed by atoms with Crippen molar-refractivity contribution in [3.63, 3.8) is 0 Å². The van der Waals surface area contributed by atoms with Gasteiger partial charge >= 0.3 is 5.97 Å². The van der Waals surface area contributed by atoms with Crippen LogP contribution in [0.1, 0.15) is 48.9 Å². The fraction of sp³-hybridized carbons (Fsp3) is 0.423. The largest absolute Gasteiger partial charge is 0.373 e. The minimum Gasteiger partial charge on any atom is -0.373 e.